The third-order valence-corrected chi connectivity index (χ3v) is 5.46. The number of sulfone groups is 1. The first-order chi connectivity index (χ1) is 13.3. The molecule has 0 aromatic heterocycles. The molecule has 8 heteroatoms. The monoisotopic (exact) mass is 423 g/mol. The first-order valence-corrected chi connectivity index (χ1v) is 11.3. The Morgan fingerprint density at radius 1 is 1.11 bits per heavy atom. The fourth-order valence-electron chi connectivity index (χ4n) is 2.54. The van der Waals surface area contributed by atoms with Crippen molar-refractivity contribution in [1.82, 2.24) is 10.6 Å². The van der Waals surface area contributed by atoms with Crippen LogP contribution in [0.4, 0.5) is 0 Å². The minimum atomic E-state index is -3.18. The highest BCUT2D eigenvalue weighted by molar-refractivity contribution is 7.90. The molecule has 3 N–H and O–H groups in total. The molecule has 0 radical (unpaired) electrons. The fourth-order valence-corrected chi connectivity index (χ4v) is 3.29. The quantitative estimate of drug-likeness (QED) is 0.448. The van der Waals surface area contributed by atoms with Crippen molar-refractivity contribution in [1.29, 1.82) is 0 Å². The van der Waals surface area contributed by atoms with Gasteiger partial charge >= 0.3 is 0 Å². The average Bonchev–Trinajstić information content (AvgIpc) is 2.66. The summed E-state index contributed by atoms with van der Waals surface area (Å²) in [6.07, 6.45) is 1.20. The van der Waals surface area contributed by atoms with Gasteiger partial charge in [-0.05, 0) is 48.7 Å². The lowest BCUT2D eigenvalue weighted by Crippen LogP contribution is -2.38. The van der Waals surface area contributed by atoms with Gasteiger partial charge in [0.05, 0.1) is 17.5 Å². The third kappa shape index (κ3) is 7.14. The van der Waals surface area contributed by atoms with Crippen molar-refractivity contribution in [3.63, 3.8) is 0 Å². The zero-order valence-electron chi connectivity index (χ0n) is 16.0. The average molecular weight is 424 g/mol. The maximum absolute atomic E-state index is 11.5. The molecule has 0 aliphatic rings. The zero-order chi connectivity index (χ0) is 20.6. The first-order valence-electron chi connectivity index (χ1n) is 9.04. The van der Waals surface area contributed by atoms with Crippen LogP contribution in [0.2, 0.25) is 5.02 Å². The Morgan fingerprint density at radius 2 is 1.75 bits per heavy atom. The number of halogens is 1. The second kappa shape index (κ2) is 10.5. The molecule has 1 unspecified atom stereocenters. The van der Waals surface area contributed by atoms with Crippen LogP contribution in [0.25, 0.3) is 0 Å². The van der Waals surface area contributed by atoms with E-state index < -0.39 is 15.9 Å². The van der Waals surface area contributed by atoms with E-state index in [1.54, 1.807) is 36.4 Å². The number of nitrogens with one attached hydrogen (secondary N) is 2. The normalized spacial score (nSPS) is 13.2. The van der Waals surface area contributed by atoms with Gasteiger partial charge in [-0.1, -0.05) is 35.9 Å². The molecule has 28 heavy (non-hydrogen) atoms. The molecular weight excluding hydrogens is 398 g/mol. The number of aliphatic hydroxyl groups is 1. The molecule has 0 amide bonds. The molecule has 0 spiro atoms. The lowest BCUT2D eigenvalue weighted by atomic mass is 10.1. The molecule has 2 aromatic carbocycles. The van der Waals surface area contributed by atoms with Gasteiger partial charge in [-0.15, -0.1) is 0 Å². The Kier molecular flexibility index (Phi) is 8.29. The number of benzene rings is 2. The van der Waals surface area contributed by atoms with Crippen LogP contribution in [0.3, 0.4) is 0 Å². The van der Waals surface area contributed by atoms with Crippen LogP contribution in [0, 0.1) is 0 Å². The number of aliphatic imine (C=N–C) groups is 1. The van der Waals surface area contributed by atoms with E-state index in [-0.39, 0.29) is 6.54 Å². The van der Waals surface area contributed by atoms with E-state index in [2.05, 4.69) is 15.6 Å². The smallest absolute Gasteiger partial charge is 0.191 e. The molecule has 0 aliphatic heterocycles. The van der Waals surface area contributed by atoms with E-state index in [0.29, 0.717) is 35.4 Å². The maximum atomic E-state index is 11.5. The highest BCUT2D eigenvalue weighted by Crippen LogP contribution is 2.16. The van der Waals surface area contributed by atoms with E-state index in [9.17, 15) is 13.5 Å². The third-order valence-electron chi connectivity index (χ3n) is 4.08. The van der Waals surface area contributed by atoms with Crippen LogP contribution >= 0.6 is 11.6 Å². The minimum absolute atomic E-state index is 0.222. The number of guanidine groups is 1. The predicted octanol–water partition coefficient (Wildman–Crippen LogP) is 2.57. The van der Waals surface area contributed by atoms with Gasteiger partial charge in [0.2, 0.25) is 0 Å². The molecule has 152 valence electrons. The van der Waals surface area contributed by atoms with Crippen LogP contribution in [0.15, 0.2) is 58.4 Å². The van der Waals surface area contributed by atoms with Crippen LogP contribution in [0.1, 0.15) is 24.2 Å². The number of rotatable bonds is 8. The summed E-state index contributed by atoms with van der Waals surface area (Å²) in [5, 5.41) is 17.3. The Labute approximate surface area is 171 Å². The van der Waals surface area contributed by atoms with Crippen LogP contribution in [-0.2, 0) is 16.3 Å². The van der Waals surface area contributed by atoms with E-state index in [4.69, 9.17) is 11.6 Å². The molecular formula is C20H26ClN3O3S. The van der Waals surface area contributed by atoms with Gasteiger partial charge < -0.3 is 15.7 Å². The summed E-state index contributed by atoms with van der Waals surface area (Å²) in [6, 6.07) is 13.9. The zero-order valence-corrected chi connectivity index (χ0v) is 17.6. The van der Waals surface area contributed by atoms with Crippen molar-refractivity contribution in [3.8, 4) is 0 Å². The van der Waals surface area contributed by atoms with Gasteiger partial charge in [-0.25, -0.2) is 8.42 Å². The molecule has 0 aliphatic carbocycles. The van der Waals surface area contributed by atoms with Crippen molar-refractivity contribution < 1.29 is 13.5 Å². The van der Waals surface area contributed by atoms with Gasteiger partial charge in [-0.2, -0.15) is 0 Å². The second-order valence-electron chi connectivity index (χ2n) is 6.38. The largest absolute Gasteiger partial charge is 0.386 e. The molecule has 0 saturated heterocycles. The van der Waals surface area contributed by atoms with Gasteiger partial charge in [0.1, 0.15) is 0 Å². The van der Waals surface area contributed by atoms with Crippen molar-refractivity contribution in [2.75, 3.05) is 25.9 Å². The standard InChI is InChI=1S/C20H26ClN3O3S/c1-3-22-20(24-14-19(25)16-6-8-17(21)9-7-16)23-13-12-15-4-10-18(11-5-15)28(2,26)27/h4-11,19,25H,3,12-14H2,1-2H3,(H2,22,23,24). The Morgan fingerprint density at radius 3 is 2.32 bits per heavy atom. The maximum Gasteiger partial charge on any atom is 0.191 e. The minimum Gasteiger partial charge on any atom is -0.386 e. The molecule has 0 heterocycles. The van der Waals surface area contributed by atoms with E-state index in [1.807, 2.05) is 19.1 Å². The lowest BCUT2D eigenvalue weighted by Gasteiger charge is -2.13. The second-order valence-corrected chi connectivity index (χ2v) is 8.83. The molecule has 1 atom stereocenters. The van der Waals surface area contributed by atoms with Crippen molar-refractivity contribution in [2.24, 2.45) is 4.99 Å². The highest BCUT2D eigenvalue weighted by atomic mass is 35.5. The SMILES string of the molecule is CCNC(=NCC(O)c1ccc(Cl)cc1)NCCc1ccc(S(C)(=O)=O)cc1. The lowest BCUT2D eigenvalue weighted by molar-refractivity contribution is 0.187. The highest BCUT2D eigenvalue weighted by Gasteiger charge is 2.08. The molecule has 2 aromatic rings. The summed E-state index contributed by atoms with van der Waals surface area (Å²) in [7, 11) is -3.18. The van der Waals surface area contributed by atoms with Gasteiger partial charge in [0, 0.05) is 24.4 Å². The molecule has 2 rings (SSSR count). The number of hydrogen-bond donors (Lipinski definition) is 3. The Hall–Kier alpha value is -2.09. The van der Waals surface area contributed by atoms with Crippen LogP contribution in [0.5, 0.6) is 0 Å². The summed E-state index contributed by atoms with van der Waals surface area (Å²) in [4.78, 5) is 4.74. The summed E-state index contributed by atoms with van der Waals surface area (Å²) >= 11 is 5.86. The summed E-state index contributed by atoms with van der Waals surface area (Å²) in [5.41, 5.74) is 1.78. The summed E-state index contributed by atoms with van der Waals surface area (Å²) < 4.78 is 23.0. The first kappa shape index (κ1) is 22.2. The predicted molar refractivity (Wildman–Crippen MR) is 114 cm³/mol. The van der Waals surface area contributed by atoms with E-state index in [1.165, 1.54) is 6.26 Å². The van der Waals surface area contributed by atoms with Crippen LogP contribution in [-0.4, -0.2) is 45.4 Å². The summed E-state index contributed by atoms with van der Waals surface area (Å²) in [6.45, 7) is 3.52. The number of nitrogens with zero attached hydrogens (tertiary/aromatic N) is 1. The molecule has 0 bridgehead atoms. The molecule has 6 nitrogen and oxygen atoms in total. The number of aliphatic hydroxyl groups excluding tert-OH is 1. The Bertz CT molecular complexity index is 882. The van der Waals surface area contributed by atoms with E-state index >= 15 is 0 Å². The van der Waals surface area contributed by atoms with E-state index in [0.717, 1.165) is 11.1 Å². The van der Waals surface area contributed by atoms with Crippen LogP contribution < -0.4 is 10.6 Å². The number of hydrogen-bond acceptors (Lipinski definition) is 4. The summed E-state index contributed by atoms with van der Waals surface area (Å²) in [5.74, 6) is 0.614. The molecule has 0 saturated carbocycles. The fraction of sp³-hybridized carbons (Fsp3) is 0.350. The Balaban J connectivity index is 1.89. The van der Waals surface area contributed by atoms with Gasteiger partial charge in [-0.3, -0.25) is 4.99 Å². The topological polar surface area (TPSA) is 90.8 Å². The van der Waals surface area contributed by atoms with Gasteiger partial charge in [0.25, 0.3) is 0 Å². The van der Waals surface area contributed by atoms with Crippen molar-refractivity contribution in [2.45, 2.75) is 24.3 Å². The molecule has 0 fully saturated rings. The van der Waals surface area contributed by atoms with Crippen molar-refractivity contribution in [3.05, 3.63) is 64.7 Å². The van der Waals surface area contributed by atoms with Gasteiger partial charge in [0.15, 0.2) is 15.8 Å². The van der Waals surface area contributed by atoms with Crippen molar-refractivity contribution >= 4 is 27.4 Å².